The molecule has 126 valence electrons. The third-order valence-electron chi connectivity index (χ3n) is 3.56. The van der Waals surface area contributed by atoms with Gasteiger partial charge in [0.15, 0.2) is 0 Å². The molecular weight excluding hydrogens is 336 g/mol. The fourth-order valence-electron chi connectivity index (χ4n) is 2.23. The molecule has 2 aromatic carbocycles. The van der Waals surface area contributed by atoms with Crippen LogP contribution in [0.25, 0.3) is 0 Å². The Morgan fingerprint density at radius 3 is 2.32 bits per heavy atom. The van der Waals surface area contributed by atoms with Crippen LogP contribution in [0.4, 0.5) is 11.6 Å². The van der Waals surface area contributed by atoms with Crippen LogP contribution in [0.1, 0.15) is 15.9 Å². The number of rotatable bonds is 6. The molecule has 0 saturated heterocycles. The van der Waals surface area contributed by atoms with E-state index in [1.54, 1.807) is 0 Å². The number of amides is 1. The molecule has 0 saturated carbocycles. The van der Waals surface area contributed by atoms with Crippen molar-refractivity contribution in [1.82, 2.24) is 9.97 Å². The molecule has 0 aliphatic rings. The SMILES string of the molecule is O=C(Nc1ccccc1)c1cnc(NCCc2ccc(Cl)cc2)nc1. The molecule has 0 atom stereocenters. The van der Waals surface area contributed by atoms with Crippen LogP contribution in [0.5, 0.6) is 0 Å². The van der Waals surface area contributed by atoms with Crippen molar-refractivity contribution in [3.8, 4) is 0 Å². The third-order valence-corrected chi connectivity index (χ3v) is 3.81. The quantitative estimate of drug-likeness (QED) is 0.702. The Bertz CT molecular complexity index is 820. The number of halogens is 1. The first-order valence-corrected chi connectivity index (χ1v) is 8.25. The third kappa shape index (κ3) is 5.02. The van der Waals surface area contributed by atoms with Gasteiger partial charge in [-0.15, -0.1) is 0 Å². The van der Waals surface area contributed by atoms with Gasteiger partial charge in [-0.3, -0.25) is 4.79 Å². The zero-order valence-electron chi connectivity index (χ0n) is 13.4. The van der Waals surface area contributed by atoms with Crippen molar-refractivity contribution in [3.05, 3.63) is 83.1 Å². The molecule has 6 heteroatoms. The number of hydrogen-bond donors (Lipinski definition) is 2. The first kappa shape index (κ1) is 16.9. The Hall–Kier alpha value is -2.92. The van der Waals surface area contributed by atoms with E-state index in [2.05, 4.69) is 20.6 Å². The number of aromatic nitrogens is 2. The average Bonchev–Trinajstić information content (AvgIpc) is 2.65. The van der Waals surface area contributed by atoms with Crippen LogP contribution in [-0.2, 0) is 6.42 Å². The molecule has 0 aliphatic carbocycles. The summed E-state index contributed by atoms with van der Waals surface area (Å²) in [5.74, 6) is 0.254. The van der Waals surface area contributed by atoms with Crippen molar-refractivity contribution < 1.29 is 4.79 Å². The minimum absolute atomic E-state index is 0.237. The van der Waals surface area contributed by atoms with E-state index in [0.29, 0.717) is 18.1 Å². The van der Waals surface area contributed by atoms with E-state index in [1.807, 2.05) is 54.6 Å². The predicted octanol–water partition coefficient (Wildman–Crippen LogP) is 4.04. The molecule has 25 heavy (non-hydrogen) atoms. The van der Waals surface area contributed by atoms with Crippen LogP contribution in [-0.4, -0.2) is 22.4 Å². The van der Waals surface area contributed by atoms with Gasteiger partial charge >= 0.3 is 0 Å². The maximum Gasteiger partial charge on any atom is 0.258 e. The first-order chi connectivity index (χ1) is 12.2. The molecule has 0 unspecified atom stereocenters. The number of anilines is 2. The van der Waals surface area contributed by atoms with Crippen LogP contribution in [0.3, 0.4) is 0 Å². The van der Waals surface area contributed by atoms with Gasteiger partial charge in [-0.2, -0.15) is 0 Å². The number of para-hydroxylation sites is 1. The van der Waals surface area contributed by atoms with Gasteiger partial charge in [0.2, 0.25) is 5.95 Å². The summed E-state index contributed by atoms with van der Waals surface area (Å²) < 4.78 is 0. The van der Waals surface area contributed by atoms with Crippen LogP contribution in [0.2, 0.25) is 5.02 Å². The molecule has 0 bridgehead atoms. The molecule has 1 aromatic heterocycles. The van der Waals surface area contributed by atoms with Gasteiger partial charge in [0.1, 0.15) is 0 Å². The van der Waals surface area contributed by atoms with Crippen molar-refractivity contribution in [1.29, 1.82) is 0 Å². The summed E-state index contributed by atoms with van der Waals surface area (Å²) in [6.07, 6.45) is 3.85. The number of carbonyl (C=O) groups is 1. The van der Waals surface area contributed by atoms with Gasteiger partial charge in [-0.25, -0.2) is 9.97 Å². The molecule has 0 fully saturated rings. The van der Waals surface area contributed by atoms with E-state index in [0.717, 1.165) is 17.1 Å². The smallest absolute Gasteiger partial charge is 0.258 e. The number of benzene rings is 2. The normalized spacial score (nSPS) is 10.3. The predicted molar refractivity (Wildman–Crippen MR) is 100 cm³/mol. The van der Waals surface area contributed by atoms with Crippen LogP contribution >= 0.6 is 11.6 Å². The number of hydrogen-bond acceptors (Lipinski definition) is 4. The Balaban J connectivity index is 1.51. The summed E-state index contributed by atoms with van der Waals surface area (Å²) in [5, 5.41) is 6.66. The molecular formula is C19H17ClN4O. The molecule has 1 heterocycles. The van der Waals surface area contributed by atoms with E-state index in [1.165, 1.54) is 18.0 Å². The standard InChI is InChI=1S/C19H17ClN4O/c20-16-8-6-14(7-9-16)10-11-21-19-22-12-15(13-23-19)18(25)24-17-4-2-1-3-5-17/h1-9,12-13H,10-11H2,(H,24,25)(H,21,22,23). The molecule has 3 aromatic rings. The highest BCUT2D eigenvalue weighted by molar-refractivity contribution is 6.30. The van der Waals surface area contributed by atoms with E-state index in [4.69, 9.17) is 11.6 Å². The topological polar surface area (TPSA) is 66.9 Å². The lowest BCUT2D eigenvalue weighted by molar-refractivity contribution is 0.102. The second-order valence-electron chi connectivity index (χ2n) is 5.42. The lowest BCUT2D eigenvalue weighted by Gasteiger charge is -2.07. The van der Waals surface area contributed by atoms with Crippen molar-refractivity contribution in [3.63, 3.8) is 0 Å². The number of nitrogens with one attached hydrogen (secondary N) is 2. The molecule has 0 spiro atoms. The lowest BCUT2D eigenvalue weighted by atomic mass is 10.1. The van der Waals surface area contributed by atoms with E-state index in [-0.39, 0.29) is 5.91 Å². The van der Waals surface area contributed by atoms with Crippen molar-refractivity contribution in [2.24, 2.45) is 0 Å². The van der Waals surface area contributed by atoms with Crippen molar-refractivity contribution in [2.45, 2.75) is 6.42 Å². The Kier molecular flexibility index (Phi) is 5.59. The fraction of sp³-hybridized carbons (Fsp3) is 0.105. The first-order valence-electron chi connectivity index (χ1n) is 7.87. The molecule has 2 N–H and O–H groups in total. The van der Waals surface area contributed by atoms with E-state index < -0.39 is 0 Å². The van der Waals surface area contributed by atoms with Gasteiger partial charge in [0.05, 0.1) is 5.56 Å². The summed E-state index contributed by atoms with van der Waals surface area (Å²) in [6, 6.07) is 17.0. The van der Waals surface area contributed by atoms with Gasteiger partial charge < -0.3 is 10.6 Å². The van der Waals surface area contributed by atoms with Crippen LogP contribution < -0.4 is 10.6 Å². The summed E-state index contributed by atoms with van der Waals surface area (Å²) in [6.45, 7) is 0.692. The molecule has 3 rings (SSSR count). The van der Waals surface area contributed by atoms with Crippen LogP contribution in [0, 0.1) is 0 Å². The summed E-state index contributed by atoms with van der Waals surface area (Å²) >= 11 is 5.86. The highest BCUT2D eigenvalue weighted by Crippen LogP contribution is 2.11. The number of nitrogens with zero attached hydrogens (tertiary/aromatic N) is 2. The zero-order valence-corrected chi connectivity index (χ0v) is 14.2. The van der Waals surface area contributed by atoms with Gasteiger partial charge in [0.25, 0.3) is 5.91 Å². The Morgan fingerprint density at radius 1 is 0.960 bits per heavy atom. The minimum Gasteiger partial charge on any atom is -0.354 e. The van der Waals surface area contributed by atoms with Gasteiger partial charge in [-0.1, -0.05) is 41.9 Å². The Morgan fingerprint density at radius 2 is 1.64 bits per heavy atom. The van der Waals surface area contributed by atoms with Crippen molar-refractivity contribution >= 4 is 29.1 Å². The molecule has 5 nitrogen and oxygen atoms in total. The maximum absolute atomic E-state index is 12.1. The maximum atomic E-state index is 12.1. The fourth-order valence-corrected chi connectivity index (χ4v) is 2.36. The molecule has 0 aliphatic heterocycles. The van der Waals surface area contributed by atoms with Crippen LogP contribution in [0.15, 0.2) is 67.0 Å². The molecule has 0 radical (unpaired) electrons. The van der Waals surface area contributed by atoms with Gasteiger partial charge in [0, 0.05) is 29.6 Å². The lowest BCUT2D eigenvalue weighted by Crippen LogP contribution is -2.14. The summed E-state index contributed by atoms with van der Waals surface area (Å²) in [7, 11) is 0. The second-order valence-corrected chi connectivity index (χ2v) is 5.86. The largest absolute Gasteiger partial charge is 0.354 e. The highest BCUT2D eigenvalue weighted by atomic mass is 35.5. The van der Waals surface area contributed by atoms with Gasteiger partial charge in [-0.05, 0) is 36.2 Å². The second kappa shape index (κ2) is 8.26. The van der Waals surface area contributed by atoms with E-state index in [9.17, 15) is 4.79 Å². The average molecular weight is 353 g/mol. The zero-order chi connectivity index (χ0) is 17.5. The monoisotopic (exact) mass is 352 g/mol. The summed E-state index contributed by atoms with van der Waals surface area (Å²) in [4.78, 5) is 20.5. The van der Waals surface area contributed by atoms with E-state index >= 15 is 0 Å². The summed E-state index contributed by atoms with van der Waals surface area (Å²) in [5.41, 5.74) is 2.32. The highest BCUT2D eigenvalue weighted by Gasteiger charge is 2.07. The Labute approximate surface area is 151 Å². The minimum atomic E-state index is -0.237. The van der Waals surface area contributed by atoms with Crippen molar-refractivity contribution in [2.75, 3.05) is 17.2 Å². The number of carbonyl (C=O) groups excluding carboxylic acids is 1. The molecule has 1 amide bonds.